The van der Waals surface area contributed by atoms with Crippen LogP contribution in [0.5, 0.6) is 11.5 Å². The molecule has 0 spiro atoms. The molecule has 0 aliphatic carbocycles. The summed E-state index contributed by atoms with van der Waals surface area (Å²) in [5.41, 5.74) is 2.00. The summed E-state index contributed by atoms with van der Waals surface area (Å²) in [4.78, 5) is 12.5. The van der Waals surface area contributed by atoms with Gasteiger partial charge in [0.25, 0.3) is 5.91 Å². The van der Waals surface area contributed by atoms with Crippen LogP contribution >= 0.6 is 0 Å². The maximum absolute atomic E-state index is 12.5. The van der Waals surface area contributed by atoms with Crippen LogP contribution in [0.25, 0.3) is 11.3 Å². The number of aromatic nitrogens is 2. The number of anilines is 1. The van der Waals surface area contributed by atoms with Crippen molar-refractivity contribution in [3.05, 3.63) is 60.3 Å². The molecule has 0 aliphatic rings. The highest BCUT2D eigenvalue weighted by molar-refractivity contribution is 6.05. The number of aromatic amines is 1. The summed E-state index contributed by atoms with van der Waals surface area (Å²) in [5, 5.41) is 9.29. The second kappa shape index (κ2) is 7.40. The van der Waals surface area contributed by atoms with Crippen molar-refractivity contribution in [2.75, 3.05) is 12.4 Å². The normalized spacial score (nSPS) is 11.1. The molecule has 6 nitrogen and oxygen atoms in total. The van der Waals surface area contributed by atoms with Crippen LogP contribution in [0.1, 0.15) is 10.4 Å². The van der Waals surface area contributed by atoms with Gasteiger partial charge in [0.05, 0.1) is 12.8 Å². The molecule has 2 aromatic carbocycles. The molecule has 3 aromatic rings. The van der Waals surface area contributed by atoms with Gasteiger partial charge in [-0.1, -0.05) is 0 Å². The van der Waals surface area contributed by atoms with E-state index in [9.17, 15) is 18.0 Å². The molecule has 0 saturated carbocycles. The van der Waals surface area contributed by atoms with E-state index in [4.69, 9.17) is 4.74 Å². The van der Waals surface area contributed by atoms with E-state index in [0.29, 0.717) is 28.3 Å². The number of halogens is 3. The third kappa shape index (κ3) is 4.57. The Balaban J connectivity index is 1.77. The third-order valence-corrected chi connectivity index (χ3v) is 3.60. The second-order valence-electron chi connectivity index (χ2n) is 5.41. The molecule has 0 unspecified atom stereocenters. The van der Waals surface area contributed by atoms with Crippen molar-refractivity contribution in [3.63, 3.8) is 0 Å². The maximum Gasteiger partial charge on any atom is 0.573 e. The first-order chi connectivity index (χ1) is 12.9. The smallest absolute Gasteiger partial charge is 0.496 e. The van der Waals surface area contributed by atoms with Crippen molar-refractivity contribution in [2.24, 2.45) is 0 Å². The van der Waals surface area contributed by atoms with Crippen LogP contribution in [-0.4, -0.2) is 29.6 Å². The van der Waals surface area contributed by atoms with E-state index >= 15 is 0 Å². The molecule has 1 heterocycles. The molecule has 0 aliphatic heterocycles. The van der Waals surface area contributed by atoms with Crippen molar-refractivity contribution in [1.82, 2.24) is 10.2 Å². The van der Waals surface area contributed by atoms with Gasteiger partial charge in [-0.25, -0.2) is 0 Å². The Morgan fingerprint density at radius 2 is 1.85 bits per heavy atom. The van der Waals surface area contributed by atoms with Crippen LogP contribution in [0.15, 0.2) is 54.7 Å². The summed E-state index contributed by atoms with van der Waals surface area (Å²) in [6.07, 6.45) is -3.19. The maximum atomic E-state index is 12.5. The minimum atomic E-state index is -4.77. The molecule has 0 radical (unpaired) electrons. The van der Waals surface area contributed by atoms with Crippen LogP contribution in [-0.2, 0) is 0 Å². The first-order valence-electron chi connectivity index (χ1n) is 7.70. The van der Waals surface area contributed by atoms with Crippen molar-refractivity contribution in [1.29, 1.82) is 0 Å². The van der Waals surface area contributed by atoms with E-state index in [1.165, 1.54) is 19.2 Å². The Morgan fingerprint density at radius 3 is 2.44 bits per heavy atom. The summed E-state index contributed by atoms with van der Waals surface area (Å²) in [6, 6.07) is 11.5. The molecule has 2 N–H and O–H groups in total. The highest BCUT2D eigenvalue weighted by atomic mass is 19.4. The number of carbonyl (C=O) groups excluding carboxylic acids is 1. The highest BCUT2D eigenvalue weighted by Gasteiger charge is 2.30. The average molecular weight is 377 g/mol. The fourth-order valence-corrected chi connectivity index (χ4v) is 2.41. The van der Waals surface area contributed by atoms with E-state index in [-0.39, 0.29) is 5.75 Å². The zero-order chi connectivity index (χ0) is 19.4. The monoisotopic (exact) mass is 377 g/mol. The molecule has 3 rings (SSSR count). The van der Waals surface area contributed by atoms with Crippen LogP contribution in [0.3, 0.4) is 0 Å². The number of methoxy groups -OCH3 is 1. The lowest BCUT2D eigenvalue weighted by Crippen LogP contribution is -2.17. The van der Waals surface area contributed by atoms with Gasteiger partial charge in [0.2, 0.25) is 0 Å². The molecule has 0 atom stereocenters. The topological polar surface area (TPSA) is 76.2 Å². The largest absolute Gasteiger partial charge is 0.573 e. The number of nitrogens with zero attached hydrogens (tertiary/aromatic N) is 1. The third-order valence-electron chi connectivity index (χ3n) is 3.60. The first kappa shape index (κ1) is 18.3. The number of H-pyrrole nitrogens is 1. The summed E-state index contributed by atoms with van der Waals surface area (Å²) in [6.45, 7) is 0. The molecule has 0 fully saturated rings. The van der Waals surface area contributed by atoms with Gasteiger partial charge in [0.1, 0.15) is 11.5 Å². The SMILES string of the molecule is COc1ccc(C(=O)Nc2ccc(OC(F)(F)F)cc2)cc1-c1ccn[nH]1. The van der Waals surface area contributed by atoms with Gasteiger partial charge in [0, 0.05) is 23.0 Å². The zero-order valence-electron chi connectivity index (χ0n) is 14.0. The van der Waals surface area contributed by atoms with E-state index in [1.54, 1.807) is 30.5 Å². The lowest BCUT2D eigenvalue weighted by atomic mass is 10.1. The quantitative estimate of drug-likeness (QED) is 0.698. The van der Waals surface area contributed by atoms with E-state index in [0.717, 1.165) is 12.1 Å². The predicted molar refractivity (Wildman–Crippen MR) is 91.7 cm³/mol. The van der Waals surface area contributed by atoms with E-state index in [2.05, 4.69) is 20.3 Å². The molecular formula is C18H14F3N3O3. The van der Waals surface area contributed by atoms with E-state index < -0.39 is 12.3 Å². The molecule has 0 saturated heterocycles. The number of alkyl halides is 3. The second-order valence-corrected chi connectivity index (χ2v) is 5.41. The fourth-order valence-electron chi connectivity index (χ4n) is 2.41. The number of rotatable bonds is 5. The average Bonchev–Trinajstić information content (AvgIpc) is 3.16. The summed E-state index contributed by atoms with van der Waals surface area (Å²) in [7, 11) is 1.51. The lowest BCUT2D eigenvalue weighted by Gasteiger charge is -2.11. The molecular weight excluding hydrogens is 363 g/mol. The molecule has 0 bridgehead atoms. The predicted octanol–water partition coefficient (Wildman–Crippen LogP) is 4.24. The zero-order valence-corrected chi connectivity index (χ0v) is 14.0. The molecule has 1 aromatic heterocycles. The van der Waals surface area contributed by atoms with Gasteiger partial charge in [-0.3, -0.25) is 9.89 Å². The fraction of sp³-hybridized carbons (Fsp3) is 0.111. The Hall–Kier alpha value is -3.49. The van der Waals surface area contributed by atoms with Gasteiger partial charge < -0.3 is 14.8 Å². The van der Waals surface area contributed by atoms with Crippen LogP contribution in [0, 0.1) is 0 Å². The van der Waals surface area contributed by atoms with Gasteiger partial charge in [0.15, 0.2) is 0 Å². The number of ether oxygens (including phenoxy) is 2. The molecule has 1 amide bonds. The summed E-state index contributed by atoms with van der Waals surface area (Å²) < 4.78 is 45.6. The Morgan fingerprint density at radius 1 is 1.11 bits per heavy atom. The highest BCUT2D eigenvalue weighted by Crippen LogP contribution is 2.30. The van der Waals surface area contributed by atoms with Gasteiger partial charge >= 0.3 is 6.36 Å². The standard InChI is InChI=1S/C18H14F3N3O3/c1-26-16-7-2-11(10-14(16)15-8-9-22-24-15)17(25)23-12-3-5-13(6-4-12)27-18(19,20)21/h2-10H,1H3,(H,22,24)(H,23,25). The molecule has 27 heavy (non-hydrogen) atoms. The van der Waals surface area contributed by atoms with Crippen molar-refractivity contribution >= 4 is 11.6 Å². The summed E-state index contributed by atoms with van der Waals surface area (Å²) in [5.74, 6) is -0.237. The number of nitrogens with one attached hydrogen (secondary N) is 2. The van der Waals surface area contributed by atoms with Gasteiger partial charge in [-0.15, -0.1) is 13.2 Å². The first-order valence-corrected chi connectivity index (χ1v) is 7.70. The minimum Gasteiger partial charge on any atom is -0.496 e. The van der Waals surface area contributed by atoms with E-state index in [1.807, 2.05) is 0 Å². The number of carbonyl (C=O) groups is 1. The Labute approximate surface area is 151 Å². The van der Waals surface area contributed by atoms with Gasteiger partial charge in [-0.2, -0.15) is 5.10 Å². The number of benzene rings is 2. The van der Waals surface area contributed by atoms with Crippen molar-refractivity contribution in [3.8, 4) is 22.8 Å². The Bertz CT molecular complexity index is 923. The van der Waals surface area contributed by atoms with Gasteiger partial charge in [-0.05, 0) is 48.5 Å². The molecule has 140 valence electrons. The van der Waals surface area contributed by atoms with Crippen molar-refractivity contribution in [2.45, 2.75) is 6.36 Å². The summed E-state index contributed by atoms with van der Waals surface area (Å²) >= 11 is 0. The number of amides is 1. The Kier molecular flexibility index (Phi) is 5.02. The van der Waals surface area contributed by atoms with Crippen LogP contribution in [0.4, 0.5) is 18.9 Å². The van der Waals surface area contributed by atoms with Crippen LogP contribution in [0.2, 0.25) is 0 Å². The van der Waals surface area contributed by atoms with Crippen LogP contribution < -0.4 is 14.8 Å². The lowest BCUT2D eigenvalue weighted by molar-refractivity contribution is -0.274. The number of hydrogen-bond donors (Lipinski definition) is 2. The number of hydrogen-bond acceptors (Lipinski definition) is 4. The minimum absolute atomic E-state index is 0.327. The molecule has 9 heteroatoms. The van der Waals surface area contributed by atoms with Crippen molar-refractivity contribution < 1.29 is 27.4 Å².